The van der Waals surface area contributed by atoms with Crippen LogP contribution in [0.2, 0.25) is 0 Å². The summed E-state index contributed by atoms with van der Waals surface area (Å²) in [4.78, 5) is 26.4. The molecule has 134 valence electrons. The quantitative estimate of drug-likeness (QED) is 0.775. The number of likely N-dealkylation sites (tertiary alicyclic amines) is 1. The molecule has 1 N–H and O–H groups in total. The largest absolute Gasteiger partial charge is 0.380 e. The van der Waals surface area contributed by atoms with Gasteiger partial charge in [0.2, 0.25) is 0 Å². The number of nitrogens with one attached hydrogen (secondary N) is 1. The first-order valence-corrected chi connectivity index (χ1v) is 8.46. The molecule has 8 heteroatoms. The molecule has 8 nitrogen and oxygen atoms in total. The summed E-state index contributed by atoms with van der Waals surface area (Å²) in [5.41, 5.74) is 2.50. The van der Waals surface area contributed by atoms with Crippen molar-refractivity contribution < 1.29 is 9.53 Å². The number of H-pyrrole nitrogens is 1. The van der Waals surface area contributed by atoms with E-state index < -0.39 is 0 Å². The SMILES string of the molecule is CO[C@@H]1CC(c2ncc[nH]2)N(C(=O)c2ccc(-n3cncn3)c(C)c2)C1. The third-order valence-electron chi connectivity index (χ3n) is 4.80. The molecule has 1 saturated heterocycles. The molecule has 2 aromatic heterocycles. The van der Waals surface area contributed by atoms with Crippen LogP contribution in [0.15, 0.2) is 43.2 Å². The molecule has 3 aromatic rings. The van der Waals surface area contributed by atoms with E-state index in [0.717, 1.165) is 23.5 Å². The van der Waals surface area contributed by atoms with Crippen LogP contribution in [0.1, 0.15) is 34.2 Å². The Labute approximate surface area is 150 Å². The van der Waals surface area contributed by atoms with Gasteiger partial charge >= 0.3 is 0 Å². The lowest BCUT2D eigenvalue weighted by Crippen LogP contribution is -2.32. The molecule has 1 aliphatic rings. The van der Waals surface area contributed by atoms with E-state index >= 15 is 0 Å². The summed E-state index contributed by atoms with van der Waals surface area (Å²) >= 11 is 0. The Morgan fingerprint density at radius 1 is 1.38 bits per heavy atom. The second kappa shape index (κ2) is 6.72. The first-order valence-electron chi connectivity index (χ1n) is 8.46. The maximum Gasteiger partial charge on any atom is 0.254 e. The van der Waals surface area contributed by atoms with Crippen molar-refractivity contribution in [2.24, 2.45) is 0 Å². The minimum absolute atomic E-state index is 0.00423. The first kappa shape index (κ1) is 16.5. The summed E-state index contributed by atoms with van der Waals surface area (Å²) in [5.74, 6) is 0.757. The lowest BCUT2D eigenvalue weighted by atomic mass is 10.1. The van der Waals surface area contributed by atoms with Gasteiger partial charge in [-0.3, -0.25) is 4.79 Å². The van der Waals surface area contributed by atoms with Crippen LogP contribution in [-0.4, -0.2) is 55.3 Å². The fourth-order valence-electron chi connectivity index (χ4n) is 3.46. The van der Waals surface area contributed by atoms with Gasteiger partial charge in [-0.15, -0.1) is 0 Å². The molecular formula is C18H20N6O2. The van der Waals surface area contributed by atoms with E-state index in [1.807, 2.05) is 30.0 Å². The molecule has 4 rings (SSSR count). The van der Waals surface area contributed by atoms with E-state index in [0.29, 0.717) is 12.1 Å². The molecule has 0 saturated carbocycles. The zero-order valence-electron chi connectivity index (χ0n) is 14.7. The number of rotatable bonds is 4. The number of carbonyl (C=O) groups is 1. The normalized spacial score (nSPS) is 19.8. The van der Waals surface area contributed by atoms with Crippen molar-refractivity contribution in [2.75, 3.05) is 13.7 Å². The molecule has 0 radical (unpaired) electrons. The zero-order chi connectivity index (χ0) is 18.1. The van der Waals surface area contributed by atoms with Crippen LogP contribution in [0.3, 0.4) is 0 Å². The molecule has 0 bridgehead atoms. The number of imidazole rings is 1. The Hall–Kier alpha value is -3.00. The number of hydrogen-bond donors (Lipinski definition) is 1. The van der Waals surface area contributed by atoms with Gasteiger partial charge in [0, 0.05) is 38.0 Å². The number of hydrogen-bond acceptors (Lipinski definition) is 5. The second-order valence-corrected chi connectivity index (χ2v) is 6.38. The number of aromatic amines is 1. The predicted molar refractivity (Wildman–Crippen MR) is 93.9 cm³/mol. The molecule has 0 spiro atoms. The highest BCUT2D eigenvalue weighted by Crippen LogP contribution is 2.33. The molecule has 2 atom stereocenters. The molecule has 3 heterocycles. The summed E-state index contributed by atoms with van der Waals surface area (Å²) in [7, 11) is 1.68. The third-order valence-corrected chi connectivity index (χ3v) is 4.80. The highest BCUT2D eigenvalue weighted by atomic mass is 16.5. The van der Waals surface area contributed by atoms with E-state index in [1.165, 1.54) is 6.33 Å². The molecule has 1 amide bonds. The van der Waals surface area contributed by atoms with Gasteiger partial charge in [0.1, 0.15) is 18.5 Å². The summed E-state index contributed by atoms with van der Waals surface area (Å²) in [6, 6.07) is 5.49. The van der Waals surface area contributed by atoms with Crippen molar-refractivity contribution in [1.82, 2.24) is 29.6 Å². The topological polar surface area (TPSA) is 88.9 Å². The van der Waals surface area contributed by atoms with Gasteiger partial charge in [-0.1, -0.05) is 0 Å². The predicted octanol–water partition coefficient (Wildman–Crippen LogP) is 1.90. The van der Waals surface area contributed by atoms with Crippen molar-refractivity contribution in [3.8, 4) is 5.69 Å². The van der Waals surface area contributed by atoms with Crippen LogP contribution in [0, 0.1) is 6.92 Å². The van der Waals surface area contributed by atoms with Crippen molar-refractivity contribution in [1.29, 1.82) is 0 Å². The number of methoxy groups -OCH3 is 1. The molecule has 1 aliphatic heterocycles. The Morgan fingerprint density at radius 3 is 2.92 bits per heavy atom. The number of aryl methyl sites for hydroxylation is 1. The minimum atomic E-state index is -0.113. The molecule has 1 unspecified atom stereocenters. The average molecular weight is 352 g/mol. The molecule has 1 aromatic carbocycles. The van der Waals surface area contributed by atoms with Gasteiger partial charge in [-0.25, -0.2) is 14.6 Å². The van der Waals surface area contributed by atoms with Crippen LogP contribution >= 0.6 is 0 Å². The van der Waals surface area contributed by atoms with E-state index in [2.05, 4.69) is 20.1 Å². The van der Waals surface area contributed by atoms with Crippen LogP contribution in [0.25, 0.3) is 5.69 Å². The summed E-state index contributed by atoms with van der Waals surface area (Å²) in [6.07, 6.45) is 7.34. The highest BCUT2D eigenvalue weighted by Gasteiger charge is 2.38. The molecule has 0 aliphatic carbocycles. The average Bonchev–Trinajstić information content (AvgIpc) is 3.41. The maximum absolute atomic E-state index is 13.2. The smallest absolute Gasteiger partial charge is 0.254 e. The fraction of sp³-hybridized carbons (Fsp3) is 0.333. The number of amides is 1. The van der Waals surface area contributed by atoms with Gasteiger partial charge in [0.15, 0.2) is 0 Å². The fourth-order valence-corrected chi connectivity index (χ4v) is 3.46. The number of ether oxygens (including phenoxy) is 1. The summed E-state index contributed by atoms with van der Waals surface area (Å²) in [6.45, 7) is 2.50. The van der Waals surface area contributed by atoms with Gasteiger partial charge in [0.05, 0.1) is 17.8 Å². The molecule has 26 heavy (non-hydrogen) atoms. The first-order chi connectivity index (χ1) is 12.7. The summed E-state index contributed by atoms with van der Waals surface area (Å²) < 4.78 is 7.18. The summed E-state index contributed by atoms with van der Waals surface area (Å²) in [5, 5.41) is 4.15. The monoisotopic (exact) mass is 352 g/mol. The van der Waals surface area contributed by atoms with Gasteiger partial charge < -0.3 is 14.6 Å². The number of carbonyl (C=O) groups excluding carboxylic acids is 1. The Bertz CT molecular complexity index is 891. The van der Waals surface area contributed by atoms with Crippen LogP contribution in [0.5, 0.6) is 0 Å². The van der Waals surface area contributed by atoms with Crippen LogP contribution in [-0.2, 0) is 4.74 Å². The van der Waals surface area contributed by atoms with Crippen LogP contribution < -0.4 is 0 Å². The van der Waals surface area contributed by atoms with Crippen molar-refractivity contribution in [2.45, 2.75) is 25.5 Å². The van der Waals surface area contributed by atoms with E-state index in [-0.39, 0.29) is 18.1 Å². The Morgan fingerprint density at radius 2 is 2.27 bits per heavy atom. The van der Waals surface area contributed by atoms with Crippen molar-refractivity contribution >= 4 is 5.91 Å². The van der Waals surface area contributed by atoms with Gasteiger partial charge in [0.25, 0.3) is 5.91 Å². The third kappa shape index (κ3) is 2.88. The van der Waals surface area contributed by atoms with Crippen molar-refractivity contribution in [3.05, 3.63) is 60.2 Å². The molecule has 1 fully saturated rings. The second-order valence-electron chi connectivity index (χ2n) is 6.38. The van der Waals surface area contributed by atoms with Crippen molar-refractivity contribution in [3.63, 3.8) is 0 Å². The Kier molecular flexibility index (Phi) is 4.26. The maximum atomic E-state index is 13.2. The number of benzene rings is 1. The lowest BCUT2D eigenvalue weighted by Gasteiger charge is -2.23. The van der Waals surface area contributed by atoms with Gasteiger partial charge in [-0.2, -0.15) is 5.10 Å². The minimum Gasteiger partial charge on any atom is -0.380 e. The Balaban J connectivity index is 1.63. The van der Waals surface area contributed by atoms with E-state index in [1.54, 1.807) is 30.5 Å². The number of nitrogens with zero attached hydrogens (tertiary/aromatic N) is 5. The van der Waals surface area contributed by atoms with Crippen LogP contribution in [0.4, 0.5) is 0 Å². The molecular weight excluding hydrogens is 332 g/mol. The lowest BCUT2D eigenvalue weighted by molar-refractivity contribution is 0.0684. The highest BCUT2D eigenvalue weighted by molar-refractivity contribution is 5.95. The number of aromatic nitrogens is 5. The van der Waals surface area contributed by atoms with E-state index in [4.69, 9.17) is 4.74 Å². The standard InChI is InChI=1S/C18H20N6O2/c1-12-7-13(3-4-15(12)24-11-19-10-22-24)18(25)23-9-14(26-2)8-16(23)17-20-5-6-21-17/h3-7,10-11,14,16H,8-9H2,1-2H3,(H,20,21)/t14-,16?/m1/s1. The van der Waals surface area contributed by atoms with E-state index in [9.17, 15) is 4.79 Å². The van der Waals surface area contributed by atoms with Gasteiger partial charge in [-0.05, 0) is 30.7 Å². The zero-order valence-corrected chi connectivity index (χ0v) is 14.7.